The first-order valence-corrected chi connectivity index (χ1v) is 8.67. The van der Waals surface area contributed by atoms with Crippen LogP contribution in [0.25, 0.3) is 0 Å². The minimum Gasteiger partial charge on any atom is -0.381 e. The summed E-state index contributed by atoms with van der Waals surface area (Å²) in [6.45, 7) is 4.17. The van der Waals surface area contributed by atoms with Crippen LogP contribution in [0.2, 0.25) is 0 Å². The number of amides is 2. The molecule has 0 spiro atoms. The Kier molecular flexibility index (Phi) is 3.93. The average molecular weight is 344 g/mol. The predicted molar refractivity (Wildman–Crippen MR) is 78.4 cm³/mol. The van der Waals surface area contributed by atoms with Crippen LogP contribution in [0.4, 0.5) is 0 Å². The lowest BCUT2D eigenvalue weighted by Gasteiger charge is -2.38. The second-order valence-electron chi connectivity index (χ2n) is 6.80. The fourth-order valence-corrected chi connectivity index (χ4v) is 4.71. The lowest BCUT2D eigenvalue weighted by atomic mass is 9.82. The molecule has 5 heteroatoms. The highest BCUT2D eigenvalue weighted by atomic mass is 79.9. The maximum atomic E-state index is 12.5. The zero-order valence-corrected chi connectivity index (χ0v) is 13.5. The van der Waals surface area contributed by atoms with Crippen LogP contribution < -0.4 is 0 Å². The van der Waals surface area contributed by atoms with Crippen molar-refractivity contribution in [3.8, 4) is 0 Å². The van der Waals surface area contributed by atoms with E-state index in [2.05, 4.69) is 22.9 Å². The maximum absolute atomic E-state index is 12.5. The molecule has 4 nitrogen and oxygen atoms in total. The molecule has 0 aromatic rings. The van der Waals surface area contributed by atoms with Crippen molar-refractivity contribution >= 4 is 27.7 Å². The second kappa shape index (κ2) is 5.41. The van der Waals surface area contributed by atoms with Gasteiger partial charge in [0.05, 0.1) is 11.8 Å². The fraction of sp³-hybridized carbons (Fsp3) is 0.867. The van der Waals surface area contributed by atoms with Crippen LogP contribution in [0.15, 0.2) is 0 Å². The Labute approximate surface area is 128 Å². The van der Waals surface area contributed by atoms with Crippen molar-refractivity contribution in [2.75, 3.05) is 25.1 Å². The topological polar surface area (TPSA) is 46.6 Å². The quantitative estimate of drug-likeness (QED) is 0.583. The third kappa shape index (κ3) is 2.33. The van der Waals surface area contributed by atoms with Gasteiger partial charge in [-0.15, -0.1) is 0 Å². The first-order valence-electron chi connectivity index (χ1n) is 7.55. The predicted octanol–water partition coefficient (Wildman–Crippen LogP) is 2.21. The Balaban J connectivity index is 1.75. The molecule has 2 aliphatic heterocycles. The molecule has 3 aliphatic rings. The Morgan fingerprint density at radius 2 is 1.75 bits per heavy atom. The molecule has 0 bridgehead atoms. The minimum atomic E-state index is -0.0373. The molecule has 0 N–H and O–H groups in total. The van der Waals surface area contributed by atoms with Gasteiger partial charge in [-0.25, -0.2) is 0 Å². The molecular weight excluding hydrogens is 322 g/mol. The number of hydrogen-bond acceptors (Lipinski definition) is 3. The van der Waals surface area contributed by atoms with E-state index in [1.54, 1.807) is 4.90 Å². The van der Waals surface area contributed by atoms with Gasteiger partial charge in [-0.3, -0.25) is 14.5 Å². The van der Waals surface area contributed by atoms with Crippen LogP contribution >= 0.6 is 15.9 Å². The van der Waals surface area contributed by atoms with Crippen molar-refractivity contribution in [1.29, 1.82) is 0 Å². The van der Waals surface area contributed by atoms with Crippen LogP contribution in [0.3, 0.4) is 0 Å². The molecule has 0 radical (unpaired) electrons. The number of hydrogen-bond donors (Lipinski definition) is 0. The molecule has 1 saturated carbocycles. The van der Waals surface area contributed by atoms with Gasteiger partial charge in [-0.05, 0) is 31.6 Å². The number of rotatable bonds is 3. The summed E-state index contributed by atoms with van der Waals surface area (Å²) >= 11 is 3.58. The molecule has 2 amide bonds. The monoisotopic (exact) mass is 343 g/mol. The maximum Gasteiger partial charge on any atom is 0.233 e. The van der Waals surface area contributed by atoms with E-state index >= 15 is 0 Å². The molecule has 2 atom stereocenters. The van der Waals surface area contributed by atoms with E-state index in [1.807, 2.05) is 0 Å². The van der Waals surface area contributed by atoms with Crippen molar-refractivity contribution in [3.05, 3.63) is 0 Å². The van der Waals surface area contributed by atoms with Crippen LogP contribution in [-0.4, -0.2) is 41.8 Å². The summed E-state index contributed by atoms with van der Waals surface area (Å²) in [6, 6.07) is 0. The zero-order valence-electron chi connectivity index (χ0n) is 11.9. The molecule has 2 unspecified atom stereocenters. The van der Waals surface area contributed by atoms with Crippen LogP contribution in [-0.2, 0) is 14.3 Å². The lowest BCUT2D eigenvalue weighted by Crippen LogP contribution is -2.45. The summed E-state index contributed by atoms with van der Waals surface area (Å²) in [5.41, 5.74) is 0.00776. The number of likely N-dealkylation sites (tertiary alicyclic amines) is 1. The number of carbonyl (C=O) groups is 2. The molecule has 112 valence electrons. The fourth-order valence-electron chi connectivity index (χ4n) is 3.98. The van der Waals surface area contributed by atoms with Crippen LogP contribution in [0.5, 0.6) is 0 Å². The summed E-state index contributed by atoms with van der Waals surface area (Å²) in [6.07, 6.45) is 3.61. The van der Waals surface area contributed by atoms with Crippen molar-refractivity contribution in [3.63, 3.8) is 0 Å². The highest BCUT2D eigenvalue weighted by Gasteiger charge is 2.53. The molecule has 0 aromatic carbocycles. The van der Waals surface area contributed by atoms with Crippen molar-refractivity contribution in [2.45, 2.75) is 32.6 Å². The smallest absolute Gasteiger partial charge is 0.233 e. The van der Waals surface area contributed by atoms with Gasteiger partial charge in [0.25, 0.3) is 0 Å². The number of fused-ring (bicyclic) bond motifs is 1. The number of ether oxygens (including phenoxy) is 1. The normalized spacial score (nSPS) is 36.5. The van der Waals surface area contributed by atoms with E-state index in [9.17, 15) is 9.59 Å². The highest BCUT2D eigenvalue weighted by Crippen LogP contribution is 2.44. The van der Waals surface area contributed by atoms with Gasteiger partial charge in [0, 0.05) is 30.5 Å². The van der Waals surface area contributed by atoms with E-state index in [-0.39, 0.29) is 29.1 Å². The molecule has 20 heavy (non-hydrogen) atoms. The number of carbonyl (C=O) groups excluding carboxylic acids is 2. The van der Waals surface area contributed by atoms with Crippen molar-refractivity contribution < 1.29 is 14.3 Å². The first kappa shape index (κ1) is 14.5. The Morgan fingerprint density at radius 3 is 2.25 bits per heavy atom. The summed E-state index contributed by atoms with van der Waals surface area (Å²) in [7, 11) is 0. The van der Waals surface area contributed by atoms with Crippen molar-refractivity contribution in [2.24, 2.45) is 23.2 Å². The van der Waals surface area contributed by atoms with Gasteiger partial charge in [-0.1, -0.05) is 22.9 Å². The largest absolute Gasteiger partial charge is 0.381 e. The van der Waals surface area contributed by atoms with E-state index in [0.717, 1.165) is 44.2 Å². The highest BCUT2D eigenvalue weighted by molar-refractivity contribution is 9.09. The number of nitrogens with zero attached hydrogens (tertiary/aromatic N) is 1. The average Bonchev–Trinajstić information content (AvgIpc) is 2.94. The molecule has 3 rings (SSSR count). The summed E-state index contributed by atoms with van der Waals surface area (Å²) in [4.78, 5) is 26.6. The molecule has 2 saturated heterocycles. The van der Waals surface area contributed by atoms with E-state index in [4.69, 9.17) is 4.74 Å². The Hall–Kier alpha value is -0.420. The molecule has 3 fully saturated rings. The molecule has 2 heterocycles. The zero-order chi connectivity index (χ0) is 14.3. The van der Waals surface area contributed by atoms with E-state index in [0.29, 0.717) is 12.5 Å². The third-order valence-corrected chi connectivity index (χ3v) is 6.48. The number of imide groups is 1. The van der Waals surface area contributed by atoms with Crippen molar-refractivity contribution in [1.82, 2.24) is 4.90 Å². The minimum absolute atomic E-state index is 0.00776. The molecular formula is C15H22BrNO3. The third-order valence-electron chi connectivity index (χ3n) is 5.30. The van der Waals surface area contributed by atoms with Gasteiger partial charge in [-0.2, -0.15) is 0 Å². The van der Waals surface area contributed by atoms with Gasteiger partial charge < -0.3 is 4.74 Å². The standard InChI is InChI=1S/C15H22BrNO3/c1-10-6-11-12(7-10)14(19)17(13(11)18)9-15(8-16)2-4-20-5-3-15/h10-12H,2-9H2,1H3. The summed E-state index contributed by atoms with van der Waals surface area (Å²) in [5.74, 6) is 0.593. The van der Waals surface area contributed by atoms with E-state index in [1.165, 1.54) is 0 Å². The Morgan fingerprint density at radius 1 is 1.20 bits per heavy atom. The van der Waals surface area contributed by atoms with Crippen LogP contribution in [0.1, 0.15) is 32.6 Å². The van der Waals surface area contributed by atoms with Gasteiger partial charge in [0.1, 0.15) is 0 Å². The molecule has 1 aliphatic carbocycles. The van der Waals surface area contributed by atoms with Gasteiger partial charge >= 0.3 is 0 Å². The summed E-state index contributed by atoms with van der Waals surface area (Å²) < 4.78 is 5.42. The van der Waals surface area contributed by atoms with E-state index < -0.39 is 0 Å². The van der Waals surface area contributed by atoms with Crippen LogP contribution in [0, 0.1) is 23.2 Å². The molecule has 0 aromatic heterocycles. The Bertz CT molecular complexity index is 395. The SMILES string of the molecule is CC1CC2C(=O)N(CC3(CBr)CCOCC3)C(=O)C2C1. The van der Waals surface area contributed by atoms with Gasteiger partial charge in [0.15, 0.2) is 0 Å². The number of halogens is 1. The van der Waals surface area contributed by atoms with Gasteiger partial charge in [0.2, 0.25) is 11.8 Å². The number of alkyl halides is 1. The summed E-state index contributed by atoms with van der Waals surface area (Å²) in [5, 5.41) is 0.826. The first-order chi connectivity index (χ1) is 9.56. The second-order valence-corrected chi connectivity index (χ2v) is 7.36. The lowest BCUT2D eigenvalue weighted by molar-refractivity contribution is -0.143.